The predicted octanol–water partition coefficient (Wildman–Crippen LogP) is 1.33. The van der Waals surface area contributed by atoms with Gasteiger partial charge in [-0.1, -0.05) is 0 Å². The average molecular weight is 297 g/mol. The first-order chi connectivity index (χ1) is 9.74. The number of amides is 1. The van der Waals surface area contributed by atoms with Gasteiger partial charge in [0.05, 0.1) is 18.8 Å². The van der Waals surface area contributed by atoms with Gasteiger partial charge in [-0.2, -0.15) is 16.9 Å². The molecule has 1 aromatic heterocycles. The Morgan fingerprint density at radius 3 is 3.20 bits per heavy atom. The summed E-state index contributed by atoms with van der Waals surface area (Å²) in [5, 5.41) is 13.4. The summed E-state index contributed by atoms with van der Waals surface area (Å²) in [5.74, 6) is 1.49. The fourth-order valence-electron chi connectivity index (χ4n) is 2.61. The second kappa shape index (κ2) is 7.69. The number of carbonyl (C=O) groups is 1. The van der Waals surface area contributed by atoms with Crippen molar-refractivity contribution < 1.29 is 9.90 Å². The van der Waals surface area contributed by atoms with E-state index in [0.29, 0.717) is 18.9 Å². The molecule has 0 bridgehead atoms. The summed E-state index contributed by atoms with van der Waals surface area (Å²) < 4.78 is 1.77. The Morgan fingerprint density at radius 1 is 1.60 bits per heavy atom. The van der Waals surface area contributed by atoms with E-state index in [1.807, 2.05) is 23.4 Å². The number of rotatable bonds is 6. The van der Waals surface area contributed by atoms with Crippen molar-refractivity contribution in [3.05, 3.63) is 18.0 Å². The highest BCUT2D eigenvalue weighted by Gasteiger charge is 2.25. The van der Waals surface area contributed by atoms with E-state index in [4.69, 9.17) is 5.11 Å². The third-order valence-electron chi connectivity index (χ3n) is 3.70. The lowest BCUT2D eigenvalue weighted by atomic mass is 9.95. The van der Waals surface area contributed by atoms with E-state index >= 15 is 0 Å². The van der Waals surface area contributed by atoms with Crippen molar-refractivity contribution >= 4 is 17.7 Å². The monoisotopic (exact) mass is 297 g/mol. The number of thioether (sulfide) groups is 1. The van der Waals surface area contributed by atoms with E-state index in [2.05, 4.69) is 5.10 Å². The van der Waals surface area contributed by atoms with Gasteiger partial charge in [-0.3, -0.25) is 9.48 Å². The van der Waals surface area contributed by atoms with Crippen molar-refractivity contribution in [2.24, 2.45) is 0 Å². The lowest BCUT2D eigenvalue weighted by molar-refractivity contribution is -0.131. The Morgan fingerprint density at radius 2 is 2.45 bits per heavy atom. The van der Waals surface area contributed by atoms with Gasteiger partial charge < -0.3 is 10.0 Å². The molecule has 1 fully saturated rings. The summed E-state index contributed by atoms with van der Waals surface area (Å²) in [6.07, 6.45) is 6.69. The topological polar surface area (TPSA) is 58.4 Å². The summed E-state index contributed by atoms with van der Waals surface area (Å²) >= 11 is 1.71. The van der Waals surface area contributed by atoms with Crippen LogP contribution in [0.1, 0.15) is 30.9 Å². The van der Waals surface area contributed by atoms with Crippen LogP contribution in [0.25, 0.3) is 0 Å². The first-order valence-corrected chi connectivity index (χ1v) is 8.55. The lowest BCUT2D eigenvalue weighted by Gasteiger charge is -2.32. The van der Waals surface area contributed by atoms with Crippen LogP contribution in [-0.2, 0) is 11.3 Å². The first-order valence-electron chi connectivity index (χ1n) is 7.15. The minimum absolute atomic E-state index is 0.102. The van der Waals surface area contributed by atoms with Gasteiger partial charge in [-0.25, -0.2) is 0 Å². The van der Waals surface area contributed by atoms with E-state index in [-0.39, 0.29) is 12.5 Å². The molecular formula is C14H23N3O2S. The molecule has 1 N–H and O–H groups in total. The number of aliphatic hydroxyl groups is 1. The Kier molecular flexibility index (Phi) is 5.91. The van der Waals surface area contributed by atoms with Crippen LogP contribution in [0.4, 0.5) is 0 Å². The summed E-state index contributed by atoms with van der Waals surface area (Å²) in [7, 11) is 0. The van der Waals surface area contributed by atoms with Crippen LogP contribution in [0.2, 0.25) is 0 Å². The van der Waals surface area contributed by atoms with Crippen LogP contribution in [0, 0.1) is 0 Å². The van der Waals surface area contributed by atoms with Crippen molar-refractivity contribution in [3.63, 3.8) is 0 Å². The molecule has 2 heterocycles. The first kappa shape index (κ1) is 15.4. The molecule has 1 atom stereocenters. The molecule has 1 aromatic rings. The number of piperidine rings is 1. The van der Waals surface area contributed by atoms with Crippen LogP contribution in [0.15, 0.2) is 12.3 Å². The number of hydrogen-bond acceptors (Lipinski definition) is 4. The third-order valence-corrected chi connectivity index (χ3v) is 4.32. The maximum atomic E-state index is 12.1. The molecule has 0 aromatic carbocycles. The second-order valence-corrected chi connectivity index (χ2v) is 6.13. The van der Waals surface area contributed by atoms with Crippen LogP contribution in [-0.4, -0.2) is 57.4 Å². The zero-order chi connectivity index (χ0) is 14.4. The van der Waals surface area contributed by atoms with Gasteiger partial charge in [-0.15, -0.1) is 0 Å². The predicted molar refractivity (Wildman–Crippen MR) is 80.9 cm³/mol. The molecule has 0 aliphatic carbocycles. The molecule has 5 nitrogen and oxygen atoms in total. The number of carbonyl (C=O) groups excluding carboxylic acids is 1. The van der Waals surface area contributed by atoms with Crippen molar-refractivity contribution in [2.45, 2.75) is 31.7 Å². The molecule has 1 saturated heterocycles. The molecular weight excluding hydrogens is 274 g/mol. The Balaban J connectivity index is 1.93. The average Bonchev–Trinajstić information content (AvgIpc) is 2.94. The fraction of sp³-hybridized carbons (Fsp3) is 0.714. The number of aliphatic hydroxyl groups excluding tert-OH is 1. The quantitative estimate of drug-likeness (QED) is 0.861. The highest BCUT2D eigenvalue weighted by molar-refractivity contribution is 7.98. The third kappa shape index (κ3) is 3.99. The van der Waals surface area contributed by atoms with E-state index in [9.17, 15) is 4.79 Å². The minimum atomic E-state index is 0.102. The Hall–Kier alpha value is -1.01. The summed E-state index contributed by atoms with van der Waals surface area (Å²) in [6, 6.07) is 2.01. The van der Waals surface area contributed by atoms with Crippen molar-refractivity contribution in [3.8, 4) is 0 Å². The molecule has 1 aliphatic rings. The van der Waals surface area contributed by atoms with E-state index in [1.54, 1.807) is 16.4 Å². The molecule has 1 unspecified atom stereocenters. The largest absolute Gasteiger partial charge is 0.394 e. The van der Waals surface area contributed by atoms with Gasteiger partial charge in [0.1, 0.15) is 0 Å². The van der Waals surface area contributed by atoms with Crippen LogP contribution >= 0.6 is 11.8 Å². The van der Waals surface area contributed by atoms with Gasteiger partial charge in [0, 0.05) is 37.4 Å². The van der Waals surface area contributed by atoms with Gasteiger partial charge in [0.2, 0.25) is 5.91 Å². The molecule has 0 saturated carbocycles. The van der Waals surface area contributed by atoms with Crippen molar-refractivity contribution in [1.82, 2.24) is 14.7 Å². The van der Waals surface area contributed by atoms with Crippen molar-refractivity contribution in [1.29, 1.82) is 0 Å². The Bertz CT molecular complexity index is 436. The number of aromatic nitrogens is 2. The maximum Gasteiger partial charge on any atom is 0.223 e. The molecule has 112 valence electrons. The lowest BCUT2D eigenvalue weighted by Crippen LogP contribution is -2.39. The number of likely N-dealkylation sites (tertiary alicyclic amines) is 1. The smallest absolute Gasteiger partial charge is 0.223 e. The molecule has 1 amide bonds. The molecule has 2 rings (SSSR count). The summed E-state index contributed by atoms with van der Waals surface area (Å²) in [6.45, 7) is 2.29. The van der Waals surface area contributed by atoms with Gasteiger partial charge >= 0.3 is 0 Å². The molecule has 6 heteroatoms. The van der Waals surface area contributed by atoms with Crippen molar-refractivity contribution in [2.75, 3.05) is 31.7 Å². The number of hydrogen-bond donors (Lipinski definition) is 1. The summed E-state index contributed by atoms with van der Waals surface area (Å²) in [5.41, 5.74) is 1.04. The minimum Gasteiger partial charge on any atom is -0.394 e. The highest BCUT2D eigenvalue weighted by atomic mass is 32.2. The molecule has 0 spiro atoms. The van der Waals surface area contributed by atoms with Crippen LogP contribution in [0.3, 0.4) is 0 Å². The van der Waals surface area contributed by atoms with Gasteiger partial charge in [0.25, 0.3) is 0 Å². The molecule has 0 radical (unpaired) electrons. The second-order valence-electron chi connectivity index (χ2n) is 5.15. The van der Waals surface area contributed by atoms with Crippen LogP contribution < -0.4 is 0 Å². The normalized spacial score (nSPS) is 19.3. The van der Waals surface area contributed by atoms with E-state index in [1.165, 1.54) is 0 Å². The standard InChI is InChI=1S/C14H23N3O2S/c1-20-10-5-14(19)16-6-2-3-12(11-16)13-4-7-17(15-13)8-9-18/h4,7,12,18H,2-3,5-6,8-11H2,1H3. The zero-order valence-electron chi connectivity index (χ0n) is 12.0. The highest BCUT2D eigenvalue weighted by Crippen LogP contribution is 2.26. The molecule has 1 aliphatic heterocycles. The zero-order valence-corrected chi connectivity index (χ0v) is 12.8. The Labute approximate surface area is 124 Å². The fourth-order valence-corrected chi connectivity index (χ4v) is 2.99. The van der Waals surface area contributed by atoms with Gasteiger partial charge in [0.15, 0.2) is 0 Å². The van der Waals surface area contributed by atoms with E-state index in [0.717, 1.165) is 37.4 Å². The number of nitrogens with zero attached hydrogens (tertiary/aromatic N) is 3. The van der Waals surface area contributed by atoms with Gasteiger partial charge in [-0.05, 0) is 25.2 Å². The van der Waals surface area contributed by atoms with Crippen LogP contribution in [0.5, 0.6) is 0 Å². The molecule has 20 heavy (non-hydrogen) atoms. The summed E-state index contributed by atoms with van der Waals surface area (Å²) in [4.78, 5) is 14.1. The SMILES string of the molecule is CSCCC(=O)N1CCCC(c2ccn(CCO)n2)C1. The van der Waals surface area contributed by atoms with E-state index < -0.39 is 0 Å². The maximum absolute atomic E-state index is 12.1.